The first-order chi connectivity index (χ1) is 10.8. The number of rotatable bonds is 3. The molecule has 0 N–H and O–H groups in total. The minimum Gasteiger partial charge on any atom is -0.454 e. The third-order valence-corrected chi connectivity index (χ3v) is 5.80. The second-order valence-corrected chi connectivity index (χ2v) is 7.64. The molecule has 4 rings (SSSR count). The van der Waals surface area contributed by atoms with Crippen LogP contribution < -0.4 is 9.47 Å². The van der Waals surface area contributed by atoms with Crippen LogP contribution >= 0.6 is 34.7 Å². The first-order valence-electron chi connectivity index (χ1n) is 6.71. The second-order valence-electron chi connectivity index (χ2n) is 4.74. The second kappa shape index (κ2) is 5.88. The Morgan fingerprint density at radius 2 is 1.73 bits per heavy atom. The van der Waals surface area contributed by atoms with Crippen molar-refractivity contribution in [2.24, 2.45) is 0 Å². The van der Waals surface area contributed by atoms with Crippen LogP contribution in [0.25, 0.3) is 10.4 Å². The van der Waals surface area contributed by atoms with Crippen molar-refractivity contribution in [3.05, 3.63) is 59.6 Å². The van der Waals surface area contributed by atoms with Crippen LogP contribution in [0.5, 0.6) is 11.5 Å². The zero-order valence-electron chi connectivity index (χ0n) is 11.4. The van der Waals surface area contributed by atoms with Crippen LogP contribution in [0.1, 0.15) is 0 Å². The van der Waals surface area contributed by atoms with E-state index in [0.717, 1.165) is 22.1 Å². The van der Waals surface area contributed by atoms with Gasteiger partial charge in [-0.3, -0.25) is 0 Å². The number of hydrogen-bond donors (Lipinski definition) is 0. The zero-order valence-corrected chi connectivity index (χ0v) is 13.8. The van der Waals surface area contributed by atoms with E-state index >= 15 is 0 Å². The largest absolute Gasteiger partial charge is 0.454 e. The fourth-order valence-corrected chi connectivity index (χ4v) is 4.42. The monoisotopic (exact) mass is 346 g/mol. The van der Waals surface area contributed by atoms with E-state index < -0.39 is 0 Å². The lowest BCUT2D eigenvalue weighted by molar-refractivity contribution is 0.174. The molecular weight excluding hydrogens is 336 g/mol. The van der Waals surface area contributed by atoms with Gasteiger partial charge in [0.2, 0.25) is 6.79 Å². The number of benzene rings is 2. The molecule has 1 aliphatic rings. The van der Waals surface area contributed by atoms with Crippen molar-refractivity contribution in [3.8, 4) is 21.9 Å². The SMILES string of the molecule is Clc1ccc(Sc2ccc(-c3ccc4c(c3)OCO4)s2)cc1. The van der Waals surface area contributed by atoms with Crippen molar-refractivity contribution in [2.75, 3.05) is 6.79 Å². The fourth-order valence-electron chi connectivity index (χ4n) is 2.20. The van der Waals surface area contributed by atoms with Gasteiger partial charge in [0.25, 0.3) is 0 Å². The van der Waals surface area contributed by atoms with Crippen molar-refractivity contribution in [1.29, 1.82) is 0 Å². The summed E-state index contributed by atoms with van der Waals surface area (Å²) in [6.45, 7) is 0.306. The number of ether oxygens (including phenoxy) is 2. The Balaban J connectivity index is 1.57. The molecule has 0 spiro atoms. The van der Waals surface area contributed by atoms with E-state index in [-0.39, 0.29) is 0 Å². The van der Waals surface area contributed by atoms with Gasteiger partial charge in [0.1, 0.15) is 0 Å². The van der Waals surface area contributed by atoms with Gasteiger partial charge in [0, 0.05) is 14.8 Å². The van der Waals surface area contributed by atoms with Crippen molar-refractivity contribution >= 4 is 34.7 Å². The predicted molar refractivity (Wildman–Crippen MR) is 91.5 cm³/mol. The molecule has 0 radical (unpaired) electrons. The third-order valence-electron chi connectivity index (χ3n) is 3.27. The van der Waals surface area contributed by atoms with E-state index in [9.17, 15) is 0 Å². The number of thiophene rings is 1. The number of halogens is 1. The molecule has 0 atom stereocenters. The lowest BCUT2D eigenvalue weighted by atomic mass is 10.2. The molecule has 0 fully saturated rings. The number of fused-ring (bicyclic) bond motifs is 1. The average Bonchev–Trinajstić information content (AvgIpc) is 3.17. The van der Waals surface area contributed by atoms with E-state index in [1.807, 2.05) is 36.4 Å². The molecule has 2 aromatic carbocycles. The maximum atomic E-state index is 5.92. The van der Waals surface area contributed by atoms with Crippen LogP contribution in [-0.2, 0) is 0 Å². The van der Waals surface area contributed by atoms with Gasteiger partial charge in [0.05, 0.1) is 4.21 Å². The molecule has 0 unspecified atom stereocenters. The molecule has 2 nitrogen and oxygen atoms in total. The van der Waals surface area contributed by atoms with Crippen molar-refractivity contribution in [3.63, 3.8) is 0 Å². The van der Waals surface area contributed by atoms with Crippen LogP contribution in [-0.4, -0.2) is 6.79 Å². The van der Waals surface area contributed by atoms with Crippen LogP contribution in [0.3, 0.4) is 0 Å². The Kier molecular flexibility index (Phi) is 3.74. The summed E-state index contributed by atoms with van der Waals surface area (Å²) in [7, 11) is 0. The Hall–Kier alpha value is -1.62. The van der Waals surface area contributed by atoms with Gasteiger partial charge in [-0.1, -0.05) is 23.4 Å². The van der Waals surface area contributed by atoms with Gasteiger partial charge >= 0.3 is 0 Å². The fraction of sp³-hybridized carbons (Fsp3) is 0.0588. The van der Waals surface area contributed by atoms with Gasteiger partial charge in [0.15, 0.2) is 11.5 Å². The smallest absolute Gasteiger partial charge is 0.231 e. The Labute approximate surface area is 141 Å². The van der Waals surface area contributed by atoms with Gasteiger partial charge in [-0.2, -0.15) is 0 Å². The maximum Gasteiger partial charge on any atom is 0.231 e. The molecule has 5 heteroatoms. The molecule has 110 valence electrons. The van der Waals surface area contributed by atoms with Crippen molar-refractivity contribution in [2.45, 2.75) is 9.10 Å². The highest BCUT2D eigenvalue weighted by atomic mass is 35.5. The quantitative estimate of drug-likeness (QED) is 0.584. The van der Waals surface area contributed by atoms with Crippen LogP contribution in [0.4, 0.5) is 0 Å². The maximum absolute atomic E-state index is 5.92. The summed E-state index contributed by atoms with van der Waals surface area (Å²) in [4.78, 5) is 2.40. The van der Waals surface area contributed by atoms with E-state index in [2.05, 4.69) is 18.2 Å². The standard InChI is InChI=1S/C17H11ClO2S2/c18-12-2-4-13(5-3-12)21-17-8-7-16(22-17)11-1-6-14-15(9-11)20-10-19-14/h1-9H,10H2. The summed E-state index contributed by atoms with van der Waals surface area (Å²) in [5.41, 5.74) is 1.15. The molecule has 22 heavy (non-hydrogen) atoms. The molecule has 0 saturated heterocycles. The summed E-state index contributed by atoms with van der Waals surface area (Å²) in [6, 6.07) is 18.2. The lowest BCUT2D eigenvalue weighted by Crippen LogP contribution is -1.92. The summed E-state index contributed by atoms with van der Waals surface area (Å²) in [6.07, 6.45) is 0. The van der Waals surface area contributed by atoms with Crippen molar-refractivity contribution in [1.82, 2.24) is 0 Å². The summed E-state index contributed by atoms with van der Waals surface area (Å²) in [5, 5.41) is 0.761. The first kappa shape index (κ1) is 14.0. The molecule has 0 amide bonds. The number of hydrogen-bond acceptors (Lipinski definition) is 4. The van der Waals surface area contributed by atoms with Gasteiger partial charge in [-0.25, -0.2) is 0 Å². The van der Waals surface area contributed by atoms with E-state index in [1.165, 1.54) is 14.0 Å². The van der Waals surface area contributed by atoms with Crippen molar-refractivity contribution < 1.29 is 9.47 Å². The van der Waals surface area contributed by atoms with E-state index in [4.69, 9.17) is 21.1 Å². The first-order valence-corrected chi connectivity index (χ1v) is 8.72. The van der Waals surface area contributed by atoms with Crippen LogP contribution in [0.15, 0.2) is 63.7 Å². The van der Waals surface area contributed by atoms with Crippen LogP contribution in [0.2, 0.25) is 5.02 Å². The molecule has 0 saturated carbocycles. The van der Waals surface area contributed by atoms with Crippen LogP contribution in [0, 0.1) is 0 Å². The molecule has 0 aliphatic carbocycles. The topological polar surface area (TPSA) is 18.5 Å². The van der Waals surface area contributed by atoms with E-state index in [0.29, 0.717) is 6.79 Å². The zero-order chi connectivity index (χ0) is 14.9. The van der Waals surface area contributed by atoms with E-state index in [1.54, 1.807) is 23.1 Å². The van der Waals surface area contributed by atoms with Gasteiger partial charge in [-0.15, -0.1) is 11.3 Å². The third kappa shape index (κ3) is 2.82. The summed E-state index contributed by atoms with van der Waals surface area (Å²) >= 11 is 9.42. The lowest BCUT2D eigenvalue weighted by Gasteiger charge is -2.00. The van der Waals surface area contributed by atoms with Gasteiger partial charge in [-0.05, 0) is 60.2 Å². The highest BCUT2D eigenvalue weighted by Gasteiger charge is 2.14. The minimum absolute atomic E-state index is 0.306. The molecule has 3 aromatic rings. The normalized spacial score (nSPS) is 12.6. The summed E-state index contributed by atoms with van der Waals surface area (Å²) < 4.78 is 12.0. The highest BCUT2D eigenvalue weighted by Crippen LogP contribution is 2.41. The minimum atomic E-state index is 0.306. The molecule has 0 bridgehead atoms. The molecule has 1 aromatic heterocycles. The summed E-state index contributed by atoms with van der Waals surface area (Å²) in [5.74, 6) is 1.63. The Morgan fingerprint density at radius 3 is 2.59 bits per heavy atom. The van der Waals surface area contributed by atoms with Gasteiger partial charge < -0.3 is 9.47 Å². The molecule has 1 aliphatic heterocycles. The highest BCUT2D eigenvalue weighted by molar-refractivity contribution is 8.01. The Bertz CT molecular complexity index is 812. The average molecular weight is 347 g/mol. The molecule has 2 heterocycles. The molecular formula is C17H11ClO2S2. The Morgan fingerprint density at radius 1 is 0.909 bits per heavy atom. The predicted octanol–water partition coefficient (Wildman–Crippen LogP) is 5.95.